The van der Waals surface area contributed by atoms with Gasteiger partial charge in [-0.15, -0.1) is 0 Å². The third kappa shape index (κ3) is 2.98. The lowest BCUT2D eigenvalue weighted by Gasteiger charge is -2.28. The third-order valence-electron chi connectivity index (χ3n) is 6.20. The van der Waals surface area contributed by atoms with Crippen LogP contribution >= 0.6 is 11.6 Å². The first-order valence-corrected chi connectivity index (χ1v) is 10.5. The smallest absolute Gasteiger partial charge is 0.123 e. The third-order valence-corrected chi connectivity index (χ3v) is 6.44. The molecule has 144 valence electrons. The molecule has 0 spiro atoms. The van der Waals surface area contributed by atoms with Crippen LogP contribution in [0, 0.1) is 5.82 Å². The van der Waals surface area contributed by atoms with Gasteiger partial charge in [0.25, 0.3) is 0 Å². The molecule has 1 aliphatic carbocycles. The van der Waals surface area contributed by atoms with E-state index >= 15 is 0 Å². The lowest BCUT2D eigenvalue weighted by molar-refractivity contribution is 0.311. The molecule has 5 rings (SSSR count). The van der Waals surface area contributed by atoms with Crippen molar-refractivity contribution in [2.75, 3.05) is 13.6 Å². The SMILES string of the molecule is CN1CCc2c(c3cc(Cl)ccc3n2C2=C(c3ccc(F)cc3)CCCC2)C1. The van der Waals surface area contributed by atoms with Gasteiger partial charge in [-0.2, -0.15) is 0 Å². The summed E-state index contributed by atoms with van der Waals surface area (Å²) in [5, 5.41) is 2.06. The molecule has 28 heavy (non-hydrogen) atoms. The molecule has 0 radical (unpaired) electrons. The van der Waals surface area contributed by atoms with Crippen LogP contribution in [0.3, 0.4) is 0 Å². The second-order valence-electron chi connectivity index (χ2n) is 8.05. The maximum Gasteiger partial charge on any atom is 0.123 e. The minimum absolute atomic E-state index is 0.178. The first-order chi connectivity index (χ1) is 13.6. The van der Waals surface area contributed by atoms with Gasteiger partial charge in [0.05, 0.1) is 5.52 Å². The molecule has 0 saturated heterocycles. The summed E-state index contributed by atoms with van der Waals surface area (Å²) in [5.41, 5.74) is 7.97. The van der Waals surface area contributed by atoms with Crippen LogP contribution in [0.2, 0.25) is 5.02 Å². The first-order valence-electron chi connectivity index (χ1n) is 10.1. The Labute approximate surface area is 170 Å². The zero-order chi connectivity index (χ0) is 19.3. The highest BCUT2D eigenvalue weighted by Crippen LogP contribution is 2.41. The normalized spacial score (nSPS) is 18.0. The van der Waals surface area contributed by atoms with Crippen molar-refractivity contribution in [3.8, 4) is 0 Å². The molecule has 0 amide bonds. The number of allylic oxidation sites excluding steroid dienone is 2. The minimum atomic E-state index is -0.178. The Kier molecular flexibility index (Phi) is 4.53. The molecule has 2 aliphatic rings. The Hall–Kier alpha value is -2.10. The summed E-state index contributed by atoms with van der Waals surface area (Å²) in [6, 6.07) is 13.3. The number of rotatable bonds is 2. The first kappa shape index (κ1) is 18.0. The average Bonchev–Trinajstić information content (AvgIpc) is 3.01. The molecule has 2 nitrogen and oxygen atoms in total. The van der Waals surface area contributed by atoms with Gasteiger partial charge in [0.1, 0.15) is 5.82 Å². The van der Waals surface area contributed by atoms with Gasteiger partial charge in [-0.25, -0.2) is 4.39 Å². The standard InChI is InChI=1S/C24H24ClFN2/c1-27-13-12-24-21(15-27)20-14-17(25)8-11-23(20)28(24)22-5-3-2-4-19(22)16-6-9-18(26)10-7-16/h6-11,14H,2-5,12-13,15H2,1H3. The molecule has 0 unspecified atom stereocenters. The molecule has 2 aromatic carbocycles. The molecule has 0 N–H and O–H groups in total. The van der Waals surface area contributed by atoms with Gasteiger partial charge in [-0.1, -0.05) is 23.7 Å². The van der Waals surface area contributed by atoms with Crippen LogP contribution in [0.25, 0.3) is 22.2 Å². The predicted molar refractivity (Wildman–Crippen MR) is 115 cm³/mol. The van der Waals surface area contributed by atoms with Crippen LogP contribution in [0.15, 0.2) is 42.5 Å². The van der Waals surface area contributed by atoms with Gasteiger partial charge in [0.2, 0.25) is 0 Å². The maximum atomic E-state index is 13.5. The van der Waals surface area contributed by atoms with Crippen molar-refractivity contribution in [2.45, 2.75) is 38.6 Å². The highest BCUT2D eigenvalue weighted by atomic mass is 35.5. The van der Waals surface area contributed by atoms with Crippen LogP contribution in [-0.4, -0.2) is 23.1 Å². The quantitative estimate of drug-likeness (QED) is 0.490. The van der Waals surface area contributed by atoms with Crippen molar-refractivity contribution in [3.05, 3.63) is 70.1 Å². The van der Waals surface area contributed by atoms with Gasteiger partial charge in [-0.3, -0.25) is 0 Å². The summed E-state index contributed by atoms with van der Waals surface area (Å²) in [6.07, 6.45) is 5.52. The predicted octanol–water partition coefficient (Wildman–Crippen LogP) is 6.36. The number of hydrogen-bond donors (Lipinski definition) is 0. The van der Waals surface area contributed by atoms with Crippen molar-refractivity contribution >= 4 is 33.8 Å². The summed E-state index contributed by atoms with van der Waals surface area (Å²) in [5.74, 6) is -0.178. The van der Waals surface area contributed by atoms with Crippen molar-refractivity contribution in [1.29, 1.82) is 0 Å². The summed E-state index contributed by atoms with van der Waals surface area (Å²) >= 11 is 6.36. The molecular weight excluding hydrogens is 371 g/mol. The van der Waals surface area contributed by atoms with Crippen molar-refractivity contribution in [2.24, 2.45) is 0 Å². The molecule has 0 fully saturated rings. The van der Waals surface area contributed by atoms with Crippen LogP contribution in [0.1, 0.15) is 42.5 Å². The number of fused-ring (bicyclic) bond motifs is 3. The highest BCUT2D eigenvalue weighted by Gasteiger charge is 2.26. The molecule has 2 heterocycles. The monoisotopic (exact) mass is 394 g/mol. The topological polar surface area (TPSA) is 8.17 Å². The summed E-state index contributed by atoms with van der Waals surface area (Å²) < 4.78 is 16.0. The molecule has 1 aromatic heterocycles. The van der Waals surface area contributed by atoms with E-state index in [1.54, 1.807) is 12.1 Å². The van der Waals surface area contributed by atoms with Crippen LogP contribution in [-0.2, 0) is 13.0 Å². The van der Waals surface area contributed by atoms with E-state index < -0.39 is 0 Å². The van der Waals surface area contributed by atoms with E-state index in [-0.39, 0.29) is 5.82 Å². The highest BCUT2D eigenvalue weighted by molar-refractivity contribution is 6.31. The van der Waals surface area contributed by atoms with Gasteiger partial charge >= 0.3 is 0 Å². The van der Waals surface area contributed by atoms with E-state index in [0.717, 1.165) is 42.9 Å². The van der Waals surface area contributed by atoms with Crippen molar-refractivity contribution in [3.63, 3.8) is 0 Å². The lowest BCUT2D eigenvalue weighted by atomic mass is 9.90. The molecule has 0 atom stereocenters. The van der Waals surface area contributed by atoms with E-state index in [1.807, 2.05) is 18.2 Å². The fourth-order valence-electron chi connectivity index (χ4n) is 4.87. The molecule has 1 aliphatic heterocycles. The molecule has 3 aromatic rings. The Bertz CT molecular complexity index is 1080. The number of halogens is 2. The zero-order valence-corrected chi connectivity index (χ0v) is 16.9. The number of likely N-dealkylation sites (N-methyl/N-ethyl adjacent to an activating group) is 1. The van der Waals surface area contributed by atoms with Gasteiger partial charge in [0.15, 0.2) is 0 Å². The van der Waals surface area contributed by atoms with Crippen molar-refractivity contribution < 1.29 is 4.39 Å². The summed E-state index contributed by atoms with van der Waals surface area (Å²) in [4.78, 5) is 2.38. The van der Waals surface area contributed by atoms with Crippen LogP contribution in [0.4, 0.5) is 4.39 Å². The Morgan fingerprint density at radius 3 is 2.57 bits per heavy atom. The fourth-order valence-corrected chi connectivity index (χ4v) is 5.04. The summed E-state index contributed by atoms with van der Waals surface area (Å²) in [7, 11) is 2.18. The Morgan fingerprint density at radius 2 is 1.75 bits per heavy atom. The van der Waals surface area contributed by atoms with Crippen LogP contribution < -0.4 is 0 Å². The molecular formula is C24H24ClFN2. The number of nitrogens with zero attached hydrogens (tertiary/aromatic N) is 2. The second kappa shape index (κ2) is 7.06. The average molecular weight is 395 g/mol. The zero-order valence-electron chi connectivity index (χ0n) is 16.1. The number of benzene rings is 2. The summed E-state index contributed by atoms with van der Waals surface area (Å²) in [6.45, 7) is 2.02. The van der Waals surface area contributed by atoms with Crippen LogP contribution in [0.5, 0.6) is 0 Å². The number of hydrogen-bond acceptors (Lipinski definition) is 1. The second-order valence-corrected chi connectivity index (χ2v) is 8.49. The maximum absolute atomic E-state index is 13.5. The van der Waals surface area contributed by atoms with E-state index in [9.17, 15) is 4.39 Å². The van der Waals surface area contributed by atoms with Gasteiger partial charge in [0, 0.05) is 41.3 Å². The fraction of sp³-hybridized carbons (Fsp3) is 0.333. The van der Waals surface area contributed by atoms with E-state index in [4.69, 9.17) is 11.6 Å². The Balaban J connectivity index is 1.78. The lowest BCUT2D eigenvalue weighted by Crippen LogP contribution is -2.27. The Morgan fingerprint density at radius 1 is 0.964 bits per heavy atom. The van der Waals surface area contributed by atoms with Gasteiger partial charge < -0.3 is 9.47 Å². The molecule has 4 heteroatoms. The minimum Gasteiger partial charge on any atom is -0.317 e. The van der Waals surface area contributed by atoms with E-state index in [2.05, 4.69) is 28.6 Å². The van der Waals surface area contributed by atoms with E-state index in [1.165, 1.54) is 46.3 Å². The van der Waals surface area contributed by atoms with Crippen molar-refractivity contribution in [1.82, 2.24) is 9.47 Å². The molecule has 0 bridgehead atoms. The van der Waals surface area contributed by atoms with Gasteiger partial charge in [-0.05, 0) is 79.8 Å². The largest absolute Gasteiger partial charge is 0.317 e. The number of aromatic nitrogens is 1. The van der Waals surface area contributed by atoms with E-state index in [0.29, 0.717) is 0 Å². The molecule has 0 saturated carbocycles.